The van der Waals surface area contributed by atoms with Gasteiger partial charge in [0.25, 0.3) is 0 Å². The monoisotopic (exact) mass is 255 g/mol. The fraction of sp³-hybridized carbons (Fsp3) is 0.182. The van der Waals surface area contributed by atoms with Gasteiger partial charge in [-0.2, -0.15) is 5.10 Å². The first-order valence-electron chi connectivity index (χ1n) is 4.85. The zero-order valence-corrected chi connectivity index (χ0v) is 10.2. The zero-order chi connectivity index (χ0) is 11.5. The lowest BCUT2D eigenvalue weighted by Crippen LogP contribution is -2.04. The van der Waals surface area contributed by atoms with Crippen LogP contribution in [0.3, 0.4) is 0 Å². The number of aromatic nitrogens is 2. The second kappa shape index (κ2) is 4.87. The molecule has 0 aliphatic rings. The molecule has 0 saturated carbocycles. The molecule has 1 heterocycles. The summed E-state index contributed by atoms with van der Waals surface area (Å²) in [4.78, 5) is 0. The van der Waals surface area contributed by atoms with Crippen molar-refractivity contribution in [2.75, 3.05) is 7.05 Å². The van der Waals surface area contributed by atoms with Crippen LogP contribution in [0.2, 0.25) is 10.0 Å². The molecular weight excluding hydrogens is 245 g/mol. The van der Waals surface area contributed by atoms with E-state index in [1.165, 1.54) is 0 Å². The Bertz CT molecular complexity index is 494. The lowest BCUT2D eigenvalue weighted by atomic mass is 10.1. The molecule has 0 bridgehead atoms. The van der Waals surface area contributed by atoms with Gasteiger partial charge >= 0.3 is 0 Å². The van der Waals surface area contributed by atoms with E-state index in [2.05, 4.69) is 15.5 Å². The highest BCUT2D eigenvalue weighted by molar-refractivity contribution is 6.35. The topological polar surface area (TPSA) is 40.7 Å². The molecule has 0 atom stereocenters. The maximum absolute atomic E-state index is 6.09. The van der Waals surface area contributed by atoms with Gasteiger partial charge in [-0.15, -0.1) is 0 Å². The highest BCUT2D eigenvalue weighted by atomic mass is 35.5. The Kier molecular flexibility index (Phi) is 3.49. The Morgan fingerprint density at radius 3 is 2.88 bits per heavy atom. The molecule has 16 heavy (non-hydrogen) atoms. The van der Waals surface area contributed by atoms with Crippen LogP contribution < -0.4 is 5.32 Å². The number of rotatable bonds is 3. The number of hydrogen-bond acceptors (Lipinski definition) is 2. The van der Waals surface area contributed by atoms with Crippen molar-refractivity contribution in [1.29, 1.82) is 0 Å². The average Bonchev–Trinajstić information content (AvgIpc) is 2.71. The normalized spacial score (nSPS) is 10.7. The number of nitrogens with zero attached hydrogens (tertiary/aromatic N) is 1. The molecule has 2 aromatic rings. The van der Waals surface area contributed by atoms with E-state index in [4.69, 9.17) is 23.2 Å². The molecule has 0 amide bonds. The average molecular weight is 256 g/mol. The maximum atomic E-state index is 6.09. The molecule has 2 N–H and O–H groups in total. The van der Waals surface area contributed by atoms with Crippen LogP contribution in [0.5, 0.6) is 0 Å². The summed E-state index contributed by atoms with van der Waals surface area (Å²) < 4.78 is 0. The third-order valence-electron chi connectivity index (χ3n) is 2.20. The van der Waals surface area contributed by atoms with Crippen LogP contribution in [0.25, 0.3) is 11.3 Å². The molecule has 0 spiro atoms. The van der Waals surface area contributed by atoms with Gasteiger partial charge in [0.15, 0.2) is 0 Å². The summed E-state index contributed by atoms with van der Waals surface area (Å²) in [6.45, 7) is 0.741. The number of hydrogen-bond donors (Lipinski definition) is 2. The van der Waals surface area contributed by atoms with E-state index in [9.17, 15) is 0 Å². The highest BCUT2D eigenvalue weighted by Gasteiger charge is 2.08. The summed E-state index contributed by atoms with van der Waals surface area (Å²) in [5.74, 6) is 0. The van der Waals surface area contributed by atoms with Crippen LogP contribution in [0.4, 0.5) is 0 Å². The van der Waals surface area contributed by atoms with E-state index in [0.29, 0.717) is 10.0 Å². The van der Waals surface area contributed by atoms with Crippen molar-refractivity contribution >= 4 is 23.2 Å². The Balaban J connectivity index is 2.38. The second-order valence-corrected chi connectivity index (χ2v) is 4.28. The minimum Gasteiger partial charge on any atom is -0.314 e. The minimum absolute atomic E-state index is 0.645. The Labute approximate surface area is 104 Å². The number of nitrogens with one attached hydrogen (secondary N) is 2. The van der Waals surface area contributed by atoms with Gasteiger partial charge in [0.05, 0.1) is 10.7 Å². The SMILES string of the molecule is CNCc1cc(-c2cc(Cl)ccc2Cl)n[nH]1. The highest BCUT2D eigenvalue weighted by Crippen LogP contribution is 2.29. The maximum Gasteiger partial charge on any atom is 0.0939 e. The first kappa shape index (κ1) is 11.5. The molecule has 0 aliphatic carbocycles. The second-order valence-electron chi connectivity index (χ2n) is 3.43. The van der Waals surface area contributed by atoms with Crippen LogP contribution in [0.1, 0.15) is 5.69 Å². The smallest absolute Gasteiger partial charge is 0.0939 e. The minimum atomic E-state index is 0.645. The summed E-state index contributed by atoms with van der Waals surface area (Å²) in [7, 11) is 1.88. The molecule has 0 fully saturated rings. The largest absolute Gasteiger partial charge is 0.314 e. The fourth-order valence-electron chi connectivity index (χ4n) is 1.47. The van der Waals surface area contributed by atoms with Crippen molar-refractivity contribution in [1.82, 2.24) is 15.5 Å². The molecule has 1 aromatic carbocycles. The van der Waals surface area contributed by atoms with Gasteiger partial charge in [-0.1, -0.05) is 23.2 Å². The van der Waals surface area contributed by atoms with Crippen molar-refractivity contribution in [3.63, 3.8) is 0 Å². The van der Waals surface area contributed by atoms with Crippen molar-refractivity contribution in [3.05, 3.63) is 40.0 Å². The quantitative estimate of drug-likeness (QED) is 0.885. The predicted molar refractivity (Wildman–Crippen MR) is 66.8 cm³/mol. The van der Waals surface area contributed by atoms with Gasteiger partial charge in [0, 0.05) is 22.8 Å². The summed E-state index contributed by atoms with van der Waals surface area (Å²) in [5.41, 5.74) is 2.65. The van der Waals surface area contributed by atoms with Crippen LogP contribution >= 0.6 is 23.2 Å². The van der Waals surface area contributed by atoms with Gasteiger partial charge in [-0.3, -0.25) is 5.10 Å². The van der Waals surface area contributed by atoms with E-state index < -0.39 is 0 Å². The first-order chi connectivity index (χ1) is 7.70. The van der Waals surface area contributed by atoms with Crippen LogP contribution in [-0.2, 0) is 6.54 Å². The summed E-state index contributed by atoms with van der Waals surface area (Å²) in [6.07, 6.45) is 0. The molecule has 2 rings (SSSR count). The number of benzene rings is 1. The van der Waals surface area contributed by atoms with Gasteiger partial charge < -0.3 is 5.32 Å². The molecule has 0 aliphatic heterocycles. The van der Waals surface area contributed by atoms with E-state index in [1.54, 1.807) is 12.1 Å². The number of H-pyrrole nitrogens is 1. The molecular formula is C11H11Cl2N3. The first-order valence-corrected chi connectivity index (χ1v) is 5.60. The molecule has 0 radical (unpaired) electrons. The fourth-order valence-corrected chi connectivity index (χ4v) is 1.86. The van der Waals surface area contributed by atoms with E-state index >= 15 is 0 Å². The van der Waals surface area contributed by atoms with E-state index in [0.717, 1.165) is 23.5 Å². The third kappa shape index (κ3) is 2.38. The molecule has 0 unspecified atom stereocenters. The van der Waals surface area contributed by atoms with Crippen molar-refractivity contribution in [2.24, 2.45) is 0 Å². The standard InChI is InChI=1S/C11H11Cl2N3/c1-14-6-8-5-11(16-15-8)9-4-7(12)2-3-10(9)13/h2-5,14H,6H2,1H3,(H,15,16). The van der Waals surface area contributed by atoms with Gasteiger partial charge in [-0.25, -0.2) is 0 Å². The summed E-state index contributed by atoms with van der Waals surface area (Å²) >= 11 is 12.0. The zero-order valence-electron chi connectivity index (χ0n) is 8.72. The van der Waals surface area contributed by atoms with Gasteiger partial charge in [0.1, 0.15) is 0 Å². The van der Waals surface area contributed by atoms with Gasteiger partial charge in [-0.05, 0) is 31.3 Å². The molecule has 0 saturated heterocycles. The van der Waals surface area contributed by atoms with E-state index in [-0.39, 0.29) is 0 Å². The number of halogens is 2. The van der Waals surface area contributed by atoms with Crippen LogP contribution in [0.15, 0.2) is 24.3 Å². The Hall–Kier alpha value is -1.03. The molecule has 3 nitrogen and oxygen atoms in total. The molecule has 1 aromatic heterocycles. The Morgan fingerprint density at radius 1 is 1.31 bits per heavy atom. The van der Waals surface area contributed by atoms with Crippen LogP contribution in [0, 0.1) is 0 Å². The lowest BCUT2D eigenvalue weighted by molar-refractivity contribution is 0.784. The van der Waals surface area contributed by atoms with Crippen LogP contribution in [-0.4, -0.2) is 17.2 Å². The lowest BCUT2D eigenvalue weighted by Gasteiger charge is -2.00. The summed E-state index contributed by atoms with van der Waals surface area (Å²) in [6, 6.07) is 7.29. The molecule has 84 valence electrons. The summed E-state index contributed by atoms with van der Waals surface area (Å²) in [5, 5.41) is 11.5. The van der Waals surface area contributed by atoms with E-state index in [1.807, 2.05) is 19.2 Å². The molecule has 5 heteroatoms. The van der Waals surface area contributed by atoms with Crippen molar-refractivity contribution in [3.8, 4) is 11.3 Å². The predicted octanol–water partition coefficient (Wildman–Crippen LogP) is 3.10. The van der Waals surface area contributed by atoms with Crippen molar-refractivity contribution in [2.45, 2.75) is 6.54 Å². The number of aromatic amines is 1. The van der Waals surface area contributed by atoms with Crippen molar-refractivity contribution < 1.29 is 0 Å². The van der Waals surface area contributed by atoms with Gasteiger partial charge in [0.2, 0.25) is 0 Å². The Morgan fingerprint density at radius 2 is 2.12 bits per heavy atom. The third-order valence-corrected chi connectivity index (χ3v) is 2.77.